The van der Waals surface area contributed by atoms with E-state index in [4.69, 9.17) is 27.6 Å². The number of carboxylic acids is 1. The molecule has 0 radical (unpaired) electrons. The molecule has 37 heavy (non-hydrogen) atoms. The summed E-state index contributed by atoms with van der Waals surface area (Å²) in [6.07, 6.45) is 5.17. The number of fused-ring (bicyclic) bond motifs is 1. The van der Waals surface area contributed by atoms with Crippen LogP contribution in [0.4, 0.5) is 0 Å². The van der Waals surface area contributed by atoms with Crippen LogP contribution in [0, 0.1) is 0 Å². The number of carboxylic acid groups (broad SMARTS) is 1. The highest BCUT2D eigenvalue weighted by atomic mass is 35.5. The molecule has 1 atom stereocenters. The van der Waals surface area contributed by atoms with Crippen molar-refractivity contribution >= 4 is 61.6 Å². The lowest BCUT2D eigenvalue weighted by atomic mass is 10.0. The lowest BCUT2D eigenvalue weighted by Gasteiger charge is -2.17. The van der Waals surface area contributed by atoms with Gasteiger partial charge in [-0.3, -0.25) is 4.79 Å². The van der Waals surface area contributed by atoms with Crippen LogP contribution in [0.15, 0.2) is 76.5 Å². The Kier molecular flexibility index (Phi) is 7.35. The van der Waals surface area contributed by atoms with E-state index in [0.29, 0.717) is 16.3 Å². The first-order valence-corrected chi connectivity index (χ1v) is 13.3. The van der Waals surface area contributed by atoms with E-state index in [9.17, 15) is 27.9 Å². The van der Waals surface area contributed by atoms with Crippen LogP contribution in [0.3, 0.4) is 0 Å². The fraction of sp³-hybridized carbons (Fsp3) is 0.120. The summed E-state index contributed by atoms with van der Waals surface area (Å²) in [6.45, 7) is 0. The monoisotopic (exact) mass is 561 g/mol. The van der Waals surface area contributed by atoms with E-state index in [1.54, 1.807) is 12.1 Å². The number of halogens is 2. The molecule has 2 aromatic heterocycles. The van der Waals surface area contributed by atoms with E-state index < -0.39 is 33.7 Å². The number of furan rings is 1. The molecule has 4 aromatic rings. The number of hydrogen-bond donors (Lipinski definition) is 2. The van der Waals surface area contributed by atoms with Crippen LogP contribution >= 0.6 is 23.2 Å². The Morgan fingerprint density at radius 1 is 1.11 bits per heavy atom. The first kappa shape index (κ1) is 26.3. The Labute approximate surface area is 221 Å². The smallest absolute Gasteiger partial charge is 0.460 e. The zero-order chi connectivity index (χ0) is 26.9. The summed E-state index contributed by atoms with van der Waals surface area (Å²) in [5, 5.41) is 12.9. The number of amides is 1. The maximum absolute atomic E-state index is 13.1. The molecule has 2 N–H and O–H groups in total. The SMILES string of the molecule is CS(=O)(=O)c1cccc(C[C@H](NC(=O)c2c(Cl)cc3c[n+](C(=O)c4ccco4)ccc3c2Cl)C(=O)O)c1. The highest BCUT2D eigenvalue weighted by Crippen LogP contribution is 2.32. The van der Waals surface area contributed by atoms with Gasteiger partial charge in [-0.1, -0.05) is 35.3 Å². The van der Waals surface area contributed by atoms with Crippen molar-refractivity contribution in [3.8, 4) is 0 Å². The zero-order valence-corrected chi connectivity index (χ0v) is 21.5. The third-order valence-electron chi connectivity index (χ3n) is 5.53. The van der Waals surface area contributed by atoms with Gasteiger partial charge in [-0.25, -0.2) is 18.0 Å². The molecule has 2 aromatic carbocycles. The molecule has 190 valence electrons. The average molecular weight is 562 g/mol. The van der Waals surface area contributed by atoms with E-state index in [-0.39, 0.29) is 32.7 Å². The number of aromatic nitrogens is 1. The number of carbonyl (C=O) groups excluding carboxylic acids is 2. The van der Waals surface area contributed by atoms with Crippen molar-refractivity contribution in [1.82, 2.24) is 5.32 Å². The number of nitrogens with zero attached hydrogens (tertiary/aromatic N) is 1. The van der Waals surface area contributed by atoms with Crippen LogP contribution in [-0.2, 0) is 21.1 Å². The zero-order valence-electron chi connectivity index (χ0n) is 19.1. The van der Waals surface area contributed by atoms with Crippen molar-refractivity contribution in [1.29, 1.82) is 0 Å². The molecule has 4 rings (SSSR count). The van der Waals surface area contributed by atoms with Crippen molar-refractivity contribution in [3.63, 3.8) is 0 Å². The Morgan fingerprint density at radius 2 is 1.86 bits per heavy atom. The van der Waals surface area contributed by atoms with E-state index in [1.165, 1.54) is 59.6 Å². The minimum atomic E-state index is -3.50. The maximum Gasteiger partial charge on any atom is 0.460 e. The average Bonchev–Trinajstić information content (AvgIpc) is 3.37. The second-order valence-electron chi connectivity index (χ2n) is 8.17. The van der Waals surface area contributed by atoms with E-state index in [2.05, 4.69) is 5.32 Å². The summed E-state index contributed by atoms with van der Waals surface area (Å²) in [7, 11) is -3.50. The van der Waals surface area contributed by atoms with Gasteiger partial charge in [-0.2, -0.15) is 0 Å². The third kappa shape index (κ3) is 5.66. The van der Waals surface area contributed by atoms with Gasteiger partial charge in [0.05, 0.1) is 26.8 Å². The molecule has 0 spiro atoms. The summed E-state index contributed by atoms with van der Waals surface area (Å²) in [4.78, 5) is 37.6. The van der Waals surface area contributed by atoms with Crippen LogP contribution in [0.2, 0.25) is 10.0 Å². The highest BCUT2D eigenvalue weighted by molar-refractivity contribution is 7.90. The van der Waals surface area contributed by atoms with Crippen molar-refractivity contribution in [3.05, 3.63) is 94.1 Å². The minimum absolute atomic E-state index is 0.0270. The largest absolute Gasteiger partial charge is 0.480 e. The molecule has 0 aliphatic rings. The molecule has 1 amide bonds. The summed E-state index contributed by atoms with van der Waals surface area (Å²) >= 11 is 12.9. The molecule has 0 bridgehead atoms. The lowest BCUT2D eigenvalue weighted by molar-refractivity contribution is -0.569. The minimum Gasteiger partial charge on any atom is -0.480 e. The fourth-order valence-corrected chi connectivity index (χ4v) is 5.10. The molecule has 0 aliphatic carbocycles. The number of aliphatic carboxylic acids is 1. The van der Waals surface area contributed by atoms with Crippen LogP contribution in [0.5, 0.6) is 0 Å². The first-order valence-electron chi connectivity index (χ1n) is 10.7. The summed E-state index contributed by atoms with van der Waals surface area (Å²) in [6, 6.07) is 10.5. The molecular formula is C25H19Cl2N2O7S+. The number of rotatable bonds is 7. The molecule has 0 aliphatic heterocycles. The molecule has 9 nitrogen and oxygen atoms in total. The Hall–Kier alpha value is -3.73. The van der Waals surface area contributed by atoms with Crippen molar-refractivity contribution in [2.45, 2.75) is 17.4 Å². The molecule has 0 saturated carbocycles. The second-order valence-corrected chi connectivity index (χ2v) is 11.0. The van der Waals surface area contributed by atoms with Crippen LogP contribution < -0.4 is 9.88 Å². The summed E-state index contributed by atoms with van der Waals surface area (Å²) < 4.78 is 30.1. The summed E-state index contributed by atoms with van der Waals surface area (Å²) in [5.74, 6) is -2.46. The van der Waals surface area contributed by atoms with Gasteiger partial charge in [0.25, 0.3) is 5.91 Å². The van der Waals surface area contributed by atoms with Crippen LogP contribution in [0.25, 0.3) is 10.8 Å². The molecule has 2 heterocycles. The number of benzene rings is 2. The van der Waals surface area contributed by atoms with Crippen molar-refractivity contribution in [2.24, 2.45) is 0 Å². The number of hydrogen-bond acceptors (Lipinski definition) is 6. The van der Waals surface area contributed by atoms with Gasteiger partial charge < -0.3 is 14.8 Å². The number of pyridine rings is 1. The molecule has 0 unspecified atom stereocenters. The fourth-order valence-electron chi connectivity index (χ4n) is 3.71. The van der Waals surface area contributed by atoms with Gasteiger partial charge in [-0.05, 0) is 35.9 Å². The second kappa shape index (κ2) is 10.3. The van der Waals surface area contributed by atoms with E-state index in [1.807, 2.05) is 0 Å². The first-order chi connectivity index (χ1) is 17.5. The Balaban J connectivity index is 1.62. The van der Waals surface area contributed by atoms with Gasteiger partial charge in [0, 0.05) is 29.5 Å². The van der Waals surface area contributed by atoms with Gasteiger partial charge in [0.1, 0.15) is 6.04 Å². The van der Waals surface area contributed by atoms with Gasteiger partial charge in [0.2, 0.25) is 5.76 Å². The van der Waals surface area contributed by atoms with Crippen LogP contribution in [-0.4, -0.2) is 43.6 Å². The van der Waals surface area contributed by atoms with E-state index in [0.717, 1.165) is 6.26 Å². The van der Waals surface area contributed by atoms with Gasteiger partial charge in [-0.15, -0.1) is 4.57 Å². The highest BCUT2D eigenvalue weighted by Gasteiger charge is 2.27. The predicted molar refractivity (Wildman–Crippen MR) is 135 cm³/mol. The number of carbonyl (C=O) groups is 3. The van der Waals surface area contributed by atoms with Gasteiger partial charge >= 0.3 is 11.9 Å². The van der Waals surface area contributed by atoms with Crippen molar-refractivity contribution in [2.75, 3.05) is 6.26 Å². The Morgan fingerprint density at radius 3 is 2.51 bits per heavy atom. The van der Waals surface area contributed by atoms with Gasteiger partial charge in [0.15, 0.2) is 22.2 Å². The summed E-state index contributed by atoms with van der Waals surface area (Å²) in [5.41, 5.74) is 0.263. The van der Waals surface area contributed by atoms with Crippen LogP contribution in [0.1, 0.15) is 26.5 Å². The lowest BCUT2D eigenvalue weighted by Crippen LogP contribution is -2.42. The Bertz CT molecular complexity index is 1650. The maximum atomic E-state index is 13.1. The normalized spacial score (nSPS) is 12.3. The predicted octanol–water partition coefficient (Wildman–Crippen LogP) is 3.54. The van der Waals surface area contributed by atoms with E-state index >= 15 is 0 Å². The molecule has 12 heteroatoms. The number of sulfone groups is 1. The topological polar surface area (TPSA) is 135 Å². The molecule has 0 saturated heterocycles. The van der Waals surface area contributed by atoms with Crippen molar-refractivity contribution < 1.29 is 36.9 Å². The standard InChI is InChI=1S/C25H18Cl2N2O7S/c1-37(34,35)16-5-2-4-14(10-16)11-19(25(32)33)28-23(30)21-18(26)12-15-13-29(8-7-17(15)22(21)27)24(31)20-6-3-9-36-20/h2-10,12-13,19H,11H2,1H3,(H-,28,30,32,33)/p+1/t19-/m0/s1. The molecule has 0 fully saturated rings. The quantitative estimate of drug-likeness (QED) is 0.329. The molecular weight excluding hydrogens is 543 g/mol. The third-order valence-corrected chi connectivity index (χ3v) is 7.33. The number of nitrogens with one attached hydrogen (secondary N) is 1.